The number of benzene rings is 2. The first kappa shape index (κ1) is 18.9. The Bertz CT molecular complexity index is 704. The third-order valence-corrected chi connectivity index (χ3v) is 4.51. The number of nitrogens with one attached hydrogen (secondary N) is 1. The quantitative estimate of drug-likeness (QED) is 0.442. The van der Waals surface area contributed by atoms with Gasteiger partial charge in [0.1, 0.15) is 11.5 Å². The molecule has 132 valence electrons. The second kappa shape index (κ2) is 9.79. The summed E-state index contributed by atoms with van der Waals surface area (Å²) in [7, 11) is 3.20. The predicted molar refractivity (Wildman–Crippen MR) is 103 cm³/mol. The van der Waals surface area contributed by atoms with Gasteiger partial charge >= 0.3 is 0 Å². The van der Waals surface area contributed by atoms with E-state index in [1.807, 2.05) is 12.1 Å². The largest absolute Gasteiger partial charge is 0.497 e. The SMILES string of the molecule is COc1cc(/C=C/C(=O)NCCSc2ccc(C)cc2)cc(OC)c1. The molecule has 0 unspecified atom stereocenters. The molecular formula is C20H23NO3S. The average molecular weight is 357 g/mol. The Labute approximate surface area is 153 Å². The second-order valence-electron chi connectivity index (χ2n) is 5.43. The Morgan fingerprint density at radius 1 is 1.08 bits per heavy atom. The standard InChI is InChI=1S/C20H23NO3S/c1-15-4-7-19(8-5-15)25-11-10-21-20(22)9-6-16-12-17(23-2)14-18(13-16)24-3/h4-9,12-14H,10-11H2,1-3H3,(H,21,22)/b9-6+. The highest BCUT2D eigenvalue weighted by atomic mass is 32.2. The lowest BCUT2D eigenvalue weighted by atomic mass is 10.2. The van der Waals surface area contributed by atoms with Gasteiger partial charge in [-0.3, -0.25) is 4.79 Å². The van der Waals surface area contributed by atoms with Crippen LogP contribution in [0.15, 0.2) is 53.4 Å². The number of ether oxygens (including phenoxy) is 2. The van der Waals surface area contributed by atoms with Gasteiger partial charge in [0.05, 0.1) is 14.2 Å². The molecule has 0 aliphatic carbocycles. The Morgan fingerprint density at radius 2 is 1.72 bits per heavy atom. The molecule has 0 fully saturated rings. The zero-order valence-electron chi connectivity index (χ0n) is 14.7. The van der Waals surface area contributed by atoms with Crippen molar-refractivity contribution in [1.29, 1.82) is 0 Å². The van der Waals surface area contributed by atoms with E-state index in [1.54, 1.807) is 38.1 Å². The minimum absolute atomic E-state index is 0.119. The van der Waals surface area contributed by atoms with E-state index in [0.717, 1.165) is 11.3 Å². The zero-order chi connectivity index (χ0) is 18.1. The molecular weight excluding hydrogens is 334 g/mol. The highest BCUT2D eigenvalue weighted by molar-refractivity contribution is 7.99. The first-order valence-electron chi connectivity index (χ1n) is 7.99. The van der Waals surface area contributed by atoms with Crippen LogP contribution in [-0.2, 0) is 4.79 Å². The van der Waals surface area contributed by atoms with Crippen molar-refractivity contribution in [2.75, 3.05) is 26.5 Å². The van der Waals surface area contributed by atoms with Crippen LogP contribution in [0.25, 0.3) is 6.08 Å². The highest BCUT2D eigenvalue weighted by Gasteiger charge is 2.01. The van der Waals surface area contributed by atoms with Crippen molar-refractivity contribution in [2.45, 2.75) is 11.8 Å². The van der Waals surface area contributed by atoms with Gasteiger partial charge < -0.3 is 14.8 Å². The first-order valence-corrected chi connectivity index (χ1v) is 8.97. The van der Waals surface area contributed by atoms with Gasteiger partial charge in [-0.05, 0) is 42.8 Å². The summed E-state index contributed by atoms with van der Waals surface area (Å²) in [6, 6.07) is 13.9. The third-order valence-electron chi connectivity index (χ3n) is 3.49. The molecule has 0 saturated heterocycles. The molecule has 1 N–H and O–H groups in total. The van der Waals surface area contributed by atoms with Crippen molar-refractivity contribution in [1.82, 2.24) is 5.32 Å². The molecule has 0 aromatic heterocycles. The lowest BCUT2D eigenvalue weighted by Gasteiger charge is -2.06. The van der Waals surface area contributed by atoms with Crippen LogP contribution in [0.4, 0.5) is 0 Å². The fourth-order valence-electron chi connectivity index (χ4n) is 2.13. The van der Waals surface area contributed by atoms with Gasteiger partial charge in [-0.15, -0.1) is 11.8 Å². The Kier molecular flexibility index (Phi) is 7.41. The number of carbonyl (C=O) groups excluding carboxylic acids is 1. The number of amides is 1. The van der Waals surface area contributed by atoms with Crippen LogP contribution < -0.4 is 14.8 Å². The summed E-state index contributed by atoms with van der Waals surface area (Å²) in [4.78, 5) is 13.1. The molecule has 0 aliphatic heterocycles. The number of hydrogen-bond acceptors (Lipinski definition) is 4. The fourth-order valence-corrected chi connectivity index (χ4v) is 2.90. The molecule has 0 saturated carbocycles. The van der Waals surface area contributed by atoms with Crippen molar-refractivity contribution in [3.63, 3.8) is 0 Å². The number of aryl methyl sites for hydroxylation is 1. The lowest BCUT2D eigenvalue weighted by Crippen LogP contribution is -2.23. The Hall–Kier alpha value is -2.40. The Morgan fingerprint density at radius 3 is 2.32 bits per heavy atom. The minimum Gasteiger partial charge on any atom is -0.497 e. The second-order valence-corrected chi connectivity index (χ2v) is 6.60. The van der Waals surface area contributed by atoms with Crippen molar-refractivity contribution in [3.8, 4) is 11.5 Å². The van der Waals surface area contributed by atoms with Gasteiger partial charge in [0.2, 0.25) is 5.91 Å². The molecule has 4 nitrogen and oxygen atoms in total. The van der Waals surface area contributed by atoms with Crippen LogP contribution in [-0.4, -0.2) is 32.4 Å². The molecule has 2 aromatic carbocycles. The molecule has 0 heterocycles. The minimum atomic E-state index is -0.119. The van der Waals surface area contributed by atoms with Gasteiger partial charge in [-0.2, -0.15) is 0 Å². The van der Waals surface area contributed by atoms with E-state index in [4.69, 9.17) is 9.47 Å². The summed E-state index contributed by atoms with van der Waals surface area (Å²) in [6.45, 7) is 2.68. The van der Waals surface area contributed by atoms with Crippen LogP contribution >= 0.6 is 11.8 Å². The highest BCUT2D eigenvalue weighted by Crippen LogP contribution is 2.23. The molecule has 0 atom stereocenters. The summed E-state index contributed by atoms with van der Waals surface area (Å²) in [5.41, 5.74) is 2.09. The summed E-state index contributed by atoms with van der Waals surface area (Å²) in [6.07, 6.45) is 3.26. The maximum absolute atomic E-state index is 11.9. The molecule has 0 radical (unpaired) electrons. The van der Waals surface area contributed by atoms with E-state index in [2.05, 4.69) is 36.5 Å². The predicted octanol–water partition coefficient (Wildman–Crippen LogP) is 3.93. The third kappa shape index (κ3) is 6.55. The topological polar surface area (TPSA) is 47.6 Å². The van der Waals surface area contributed by atoms with E-state index < -0.39 is 0 Å². The molecule has 1 amide bonds. The summed E-state index contributed by atoms with van der Waals surface area (Å²) in [5, 5.41) is 2.88. The number of hydrogen-bond donors (Lipinski definition) is 1. The molecule has 5 heteroatoms. The van der Waals surface area contributed by atoms with Crippen LogP contribution in [0, 0.1) is 6.92 Å². The summed E-state index contributed by atoms with van der Waals surface area (Å²) < 4.78 is 10.4. The van der Waals surface area contributed by atoms with E-state index in [1.165, 1.54) is 16.5 Å². The maximum Gasteiger partial charge on any atom is 0.244 e. The van der Waals surface area contributed by atoms with Crippen LogP contribution in [0.3, 0.4) is 0 Å². The molecule has 2 rings (SSSR count). The van der Waals surface area contributed by atoms with Gasteiger partial charge in [0.15, 0.2) is 0 Å². The smallest absolute Gasteiger partial charge is 0.244 e. The van der Waals surface area contributed by atoms with Gasteiger partial charge in [-0.25, -0.2) is 0 Å². The number of rotatable bonds is 8. The van der Waals surface area contributed by atoms with Crippen LogP contribution in [0.1, 0.15) is 11.1 Å². The van der Waals surface area contributed by atoms with Crippen molar-refractivity contribution < 1.29 is 14.3 Å². The van der Waals surface area contributed by atoms with Gasteiger partial charge in [0.25, 0.3) is 0 Å². The number of methoxy groups -OCH3 is 2. The van der Waals surface area contributed by atoms with Crippen molar-refractivity contribution in [2.24, 2.45) is 0 Å². The normalized spacial score (nSPS) is 10.7. The van der Waals surface area contributed by atoms with Crippen LogP contribution in [0.5, 0.6) is 11.5 Å². The number of carbonyl (C=O) groups is 1. The van der Waals surface area contributed by atoms with Gasteiger partial charge in [0, 0.05) is 29.3 Å². The molecule has 2 aromatic rings. The van der Waals surface area contributed by atoms with E-state index in [-0.39, 0.29) is 5.91 Å². The van der Waals surface area contributed by atoms with Crippen molar-refractivity contribution >= 4 is 23.7 Å². The monoisotopic (exact) mass is 357 g/mol. The molecule has 0 spiro atoms. The van der Waals surface area contributed by atoms with Gasteiger partial charge in [-0.1, -0.05) is 17.7 Å². The fraction of sp³-hybridized carbons (Fsp3) is 0.250. The van der Waals surface area contributed by atoms with Crippen LogP contribution in [0.2, 0.25) is 0 Å². The van der Waals surface area contributed by atoms with E-state index in [0.29, 0.717) is 18.0 Å². The summed E-state index contributed by atoms with van der Waals surface area (Å²) in [5.74, 6) is 2.09. The average Bonchev–Trinajstić information content (AvgIpc) is 2.64. The maximum atomic E-state index is 11.9. The first-order chi connectivity index (χ1) is 12.1. The van der Waals surface area contributed by atoms with Crippen molar-refractivity contribution in [3.05, 3.63) is 59.7 Å². The zero-order valence-corrected chi connectivity index (χ0v) is 15.6. The number of thioether (sulfide) groups is 1. The summed E-state index contributed by atoms with van der Waals surface area (Å²) >= 11 is 1.72. The van der Waals surface area contributed by atoms with E-state index >= 15 is 0 Å². The molecule has 25 heavy (non-hydrogen) atoms. The van der Waals surface area contributed by atoms with E-state index in [9.17, 15) is 4.79 Å². The lowest BCUT2D eigenvalue weighted by molar-refractivity contribution is -0.116. The Balaban J connectivity index is 1.79. The molecule has 0 bridgehead atoms. The molecule has 0 aliphatic rings.